The number of rotatable bonds is 3. The Morgan fingerprint density at radius 2 is 1.95 bits per heavy atom. The molecule has 1 aromatic rings. The SMILES string of the molecule is CNC(C)c1cc(F)c(C)cc1N1CCCC(C)(C)CC1. The lowest BCUT2D eigenvalue weighted by molar-refractivity contribution is 0.325. The third-order valence-electron chi connectivity index (χ3n) is 4.89. The minimum absolute atomic E-state index is 0.106. The average Bonchev–Trinajstić information content (AvgIpc) is 2.61. The molecule has 0 saturated carbocycles. The van der Waals surface area contributed by atoms with Crippen LogP contribution in [0.3, 0.4) is 0 Å². The first-order valence-corrected chi connectivity index (χ1v) is 8.06. The highest BCUT2D eigenvalue weighted by molar-refractivity contribution is 5.57. The van der Waals surface area contributed by atoms with Crippen molar-refractivity contribution in [2.75, 3.05) is 25.0 Å². The van der Waals surface area contributed by atoms with Gasteiger partial charge in [0.15, 0.2) is 0 Å². The molecule has 1 aromatic carbocycles. The van der Waals surface area contributed by atoms with Crippen LogP contribution in [0.4, 0.5) is 10.1 Å². The van der Waals surface area contributed by atoms with Crippen molar-refractivity contribution in [1.29, 1.82) is 0 Å². The Morgan fingerprint density at radius 3 is 2.62 bits per heavy atom. The van der Waals surface area contributed by atoms with Crippen LogP contribution in [0.25, 0.3) is 0 Å². The summed E-state index contributed by atoms with van der Waals surface area (Å²) in [6.07, 6.45) is 3.66. The molecule has 2 rings (SSSR count). The van der Waals surface area contributed by atoms with Gasteiger partial charge in [-0.2, -0.15) is 0 Å². The quantitative estimate of drug-likeness (QED) is 0.886. The van der Waals surface area contributed by atoms with Crippen LogP contribution in [0.5, 0.6) is 0 Å². The summed E-state index contributed by atoms with van der Waals surface area (Å²) in [6, 6.07) is 3.89. The van der Waals surface area contributed by atoms with Gasteiger partial charge in [-0.25, -0.2) is 4.39 Å². The van der Waals surface area contributed by atoms with Crippen molar-refractivity contribution in [3.8, 4) is 0 Å². The van der Waals surface area contributed by atoms with Gasteiger partial charge in [0.2, 0.25) is 0 Å². The van der Waals surface area contributed by atoms with E-state index in [1.165, 1.54) is 24.9 Å². The van der Waals surface area contributed by atoms with Crippen LogP contribution >= 0.6 is 0 Å². The maximum atomic E-state index is 14.0. The molecule has 21 heavy (non-hydrogen) atoms. The first kappa shape index (κ1) is 16.3. The predicted molar refractivity (Wildman–Crippen MR) is 88.5 cm³/mol. The summed E-state index contributed by atoms with van der Waals surface area (Å²) in [6.45, 7) is 10.8. The fraction of sp³-hybridized carbons (Fsp3) is 0.667. The lowest BCUT2D eigenvalue weighted by Gasteiger charge is -2.29. The van der Waals surface area contributed by atoms with E-state index in [4.69, 9.17) is 0 Å². The molecule has 0 bridgehead atoms. The number of anilines is 1. The summed E-state index contributed by atoms with van der Waals surface area (Å²) in [5, 5.41) is 3.25. The van der Waals surface area contributed by atoms with Crippen molar-refractivity contribution in [3.63, 3.8) is 0 Å². The molecule has 3 heteroatoms. The third-order valence-corrected chi connectivity index (χ3v) is 4.89. The summed E-state index contributed by atoms with van der Waals surface area (Å²) in [7, 11) is 1.93. The number of nitrogens with one attached hydrogen (secondary N) is 1. The Balaban J connectivity index is 2.35. The Labute approximate surface area is 128 Å². The van der Waals surface area contributed by atoms with E-state index in [2.05, 4.69) is 31.0 Å². The average molecular weight is 292 g/mol. The monoisotopic (exact) mass is 292 g/mol. The van der Waals surface area contributed by atoms with E-state index < -0.39 is 0 Å². The standard InChI is InChI=1S/C18H29FN2/c1-13-11-17(15(12-16(13)19)14(2)20-5)21-9-6-7-18(3,4)8-10-21/h11-12,14,20H,6-10H2,1-5H3. The highest BCUT2D eigenvalue weighted by Gasteiger charge is 2.25. The van der Waals surface area contributed by atoms with Gasteiger partial charge in [-0.15, -0.1) is 0 Å². The van der Waals surface area contributed by atoms with Crippen LogP contribution in [0.2, 0.25) is 0 Å². The van der Waals surface area contributed by atoms with Crippen molar-refractivity contribution >= 4 is 5.69 Å². The van der Waals surface area contributed by atoms with Gasteiger partial charge in [-0.1, -0.05) is 13.8 Å². The molecular weight excluding hydrogens is 263 g/mol. The zero-order chi connectivity index (χ0) is 15.6. The molecule has 1 N–H and O–H groups in total. The van der Waals surface area contributed by atoms with Crippen LogP contribution in [-0.4, -0.2) is 20.1 Å². The van der Waals surface area contributed by atoms with Crippen LogP contribution in [0.1, 0.15) is 57.2 Å². The third kappa shape index (κ3) is 3.76. The van der Waals surface area contributed by atoms with Gasteiger partial charge in [-0.05, 0) is 68.8 Å². The first-order chi connectivity index (χ1) is 9.84. The highest BCUT2D eigenvalue weighted by atomic mass is 19.1. The van der Waals surface area contributed by atoms with Crippen LogP contribution < -0.4 is 10.2 Å². The zero-order valence-corrected chi connectivity index (χ0v) is 14.1. The van der Waals surface area contributed by atoms with E-state index in [1.807, 2.05) is 20.0 Å². The van der Waals surface area contributed by atoms with Gasteiger partial charge >= 0.3 is 0 Å². The molecule has 0 aliphatic carbocycles. The Hall–Kier alpha value is -1.09. The van der Waals surface area contributed by atoms with Crippen molar-refractivity contribution in [2.24, 2.45) is 5.41 Å². The van der Waals surface area contributed by atoms with Gasteiger partial charge in [0.05, 0.1) is 0 Å². The molecule has 1 aliphatic heterocycles. The molecule has 1 saturated heterocycles. The maximum Gasteiger partial charge on any atom is 0.126 e. The molecule has 1 fully saturated rings. The van der Waals surface area contributed by atoms with E-state index in [1.54, 1.807) is 6.07 Å². The van der Waals surface area contributed by atoms with E-state index in [-0.39, 0.29) is 11.9 Å². The number of halogens is 1. The normalized spacial score (nSPS) is 20.2. The number of hydrogen-bond acceptors (Lipinski definition) is 2. The van der Waals surface area contributed by atoms with Gasteiger partial charge in [0.25, 0.3) is 0 Å². The second kappa shape index (κ2) is 6.35. The Morgan fingerprint density at radius 1 is 1.24 bits per heavy atom. The minimum atomic E-state index is -0.106. The molecule has 1 heterocycles. The molecule has 2 nitrogen and oxygen atoms in total. The predicted octanol–water partition coefficient (Wildman–Crippen LogP) is 4.43. The second-order valence-corrected chi connectivity index (χ2v) is 7.18. The molecule has 1 aliphatic rings. The Bertz CT molecular complexity index is 496. The molecular formula is C18H29FN2. The summed E-state index contributed by atoms with van der Waals surface area (Å²) in [5.41, 5.74) is 3.42. The van der Waals surface area contributed by atoms with Crippen LogP contribution in [-0.2, 0) is 0 Å². The Kier molecular flexibility index (Phi) is 4.92. The molecule has 0 spiro atoms. The summed E-state index contributed by atoms with van der Waals surface area (Å²) in [5.74, 6) is -0.106. The lowest BCUT2D eigenvalue weighted by atomic mass is 9.85. The largest absolute Gasteiger partial charge is 0.371 e. The topological polar surface area (TPSA) is 15.3 Å². The molecule has 118 valence electrons. The molecule has 0 radical (unpaired) electrons. The van der Waals surface area contributed by atoms with E-state index in [0.29, 0.717) is 5.41 Å². The summed E-state index contributed by atoms with van der Waals surface area (Å²) < 4.78 is 14.0. The minimum Gasteiger partial charge on any atom is -0.371 e. The van der Waals surface area contributed by atoms with Crippen molar-refractivity contribution in [2.45, 2.75) is 53.0 Å². The molecule has 1 atom stereocenters. The van der Waals surface area contributed by atoms with Gasteiger partial charge < -0.3 is 10.2 Å². The molecule has 1 unspecified atom stereocenters. The molecule has 0 aromatic heterocycles. The number of nitrogens with zero attached hydrogens (tertiary/aromatic N) is 1. The van der Waals surface area contributed by atoms with Gasteiger partial charge in [0, 0.05) is 24.8 Å². The van der Waals surface area contributed by atoms with Crippen molar-refractivity contribution < 1.29 is 4.39 Å². The van der Waals surface area contributed by atoms with E-state index in [9.17, 15) is 4.39 Å². The lowest BCUT2D eigenvalue weighted by Crippen LogP contribution is -2.28. The second-order valence-electron chi connectivity index (χ2n) is 7.18. The summed E-state index contributed by atoms with van der Waals surface area (Å²) in [4.78, 5) is 2.45. The van der Waals surface area contributed by atoms with Gasteiger partial charge in [0.1, 0.15) is 5.82 Å². The number of aryl methyl sites for hydroxylation is 1. The van der Waals surface area contributed by atoms with Crippen LogP contribution in [0.15, 0.2) is 12.1 Å². The zero-order valence-electron chi connectivity index (χ0n) is 14.1. The van der Waals surface area contributed by atoms with Gasteiger partial charge in [-0.3, -0.25) is 0 Å². The summed E-state index contributed by atoms with van der Waals surface area (Å²) >= 11 is 0. The van der Waals surface area contributed by atoms with Crippen molar-refractivity contribution in [3.05, 3.63) is 29.1 Å². The van der Waals surface area contributed by atoms with E-state index >= 15 is 0 Å². The smallest absolute Gasteiger partial charge is 0.126 e. The number of hydrogen-bond donors (Lipinski definition) is 1. The van der Waals surface area contributed by atoms with Crippen LogP contribution in [0, 0.1) is 18.2 Å². The fourth-order valence-corrected chi connectivity index (χ4v) is 3.12. The molecule has 0 amide bonds. The fourth-order valence-electron chi connectivity index (χ4n) is 3.12. The maximum absolute atomic E-state index is 14.0. The van der Waals surface area contributed by atoms with Crippen molar-refractivity contribution in [1.82, 2.24) is 5.32 Å². The van der Waals surface area contributed by atoms with E-state index in [0.717, 1.165) is 24.2 Å². The first-order valence-electron chi connectivity index (χ1n) is 8.06. The highest BCUT2D eigenvalue weighted by Crippen LogP contribution is 2.35. The number of benzene rings is 1.